The number of aromatic nitrogens is 2. The number of nitrogens with zero attached hydrogens (tertiary/aromatic N) is 2. The van der Waals surface area contributed by atoms with E-state index >= 15 is 0 Å². The van der Waals surface area contributed by atoms with Crippen LogP contribution in [0.25, 0.3) is 5.69 Å². The fourth-order valence-corrected chi connectivity index (χ4v) is 3.88. The second-order valence-corrected chi connectivity index (χ2v) is 7.13. The number of fused-ring (bicyclic) bond motifs is 1. The summed E-state index contributed by atoms with van der Waals surface area (Å²) < 4.78 is 25.7. The third-order valence-corrected chi connectivity index (χ3v) is 5.35. The van der Waals surface area contributed by atoms with E-state index in [0.29, 0.717) is 46.2 Å². The van der Waals surface area contributed by atoms with Crippen LogP contribution in [-0.2, 0) is 5.75 Å². The Morgan fingerprint density at radius 1 is 1.15 bits per heavy atom. The second kappa shape index (κ2) is 7.62. The molecule has 0 spiro atoms. The number of benzene rings is 2. The van der Waals surface area contributed by atoms with E-state index in [1.54, 1.807) is 36.7 Å². The SMILES string of the molecule is O=c1c(SCc2ccc(F)cc2Cl)nccn1-c1ccc2c(c1)OCCO2. The minimum atomic E-state index is -0.396. The highest BCUT2D eigenvalue weighted by Gasteiger charge is 2.14. The molecule has 2 aromatic carbocycles. The summed E-state index contributed by atoms with van der Waals surface area (Å²) in [6.45, 7) is 0.982. The molecule has 1 aromatic heterocycles. The van der Waals surface area contributed by atoms with Crippen molar-refractivity contribution in [3.8, 4) is 17.2 Å². The molecule has 3 aromatic rings. The summed E-state index contributed by atoms with van der Waals surface area (Å²) in [4.78, 5) is 17.0. The lowest BCUT2D eigenvalue weighted by Gasteiger charge is -2.19. The summed E-state index contributed by atoms with van der Waals surface area (Å²) in [5.41, 5.74) is 1.14. The Labute approximate surface area is 163 Å². The van der Waals surface area contributed by atoms with Gasteiger partial charge >= 0.3 is 0 Å². The van der Waals surface area contributed by atoms with Crippen LogP contribution in [0.5, 0.6) is 11.5 Å². The molecule has 0 saturated heterocycles. The van der Waals surface area contributed by atoms with Crippen LogP contribution < -0.4 is 15.0 Å². The number of ether oxygens (including phenoxy) is 2. The van der Waals surface area contributed by atoms with Crippen molar-refractivity contribution in [2.75, 3.05) is 13.2 Å². The van der Waals surface area contributed by atoms with Gasteiger partial charge in [-0.05, 0) is 29.8 Å². The van der Waals surface area contributed by atoms with Crippen molar-refractivity contribution in [1.82, 2.24) is 9.55 Å². The van der Waals surface area contributed by atoms with Gasteiger partial charge in [0.15, 0.2) is 16.5 Å². The first-order valence-electron chi connectivity index (χ1n) is 8.16. The van der Waals surface area contributed by atoms with Gasteiger partial charge in [0.1, 0.15) is 19.0 Å². The molecule has 4 rings (SSSR count). The Morgan fingerprint density at radius 2 is 1.96 bits per heavy atom. The zero-order valence-corrected chi connectivity index (χ0v) is 15.6. The largest absolute Gasteiger partial charge is 0.486 e. The van der Waals surface area contributed by atoms with E-state index < -0.39 is 5.82 Å². The van der Waals surface area contributed by atoms with Crippen molar-refractivity contribution in [2.24, 2.45) is 0 Å². The lowest BCUT2D eigenvalue weighted by molar-refractivity contribution is 0.171. The van der Waals surface area contributed by atoms with Crippen LogP contribution in [0.15, 0.2) is 58.6 Å². The number of hydrogen-bond donors (Lipinski definition) is 0. The van der Waals surface area contributed by atoms with Crippen molar-refractivity contribution in [3.05, 3.63) is 75.5 Å². The summed E-state index contributed by atoms with van der Waals surface area (Å²) in [7, 11) is 0. The molecular formula is C19H14ClFN2O3S. The normalized spacial score (nSPS) is 12.8. The Balaban J connectivity index is 1.60. The average molecular weight is 405 g/mol. The summed E-state index contributed by atoms with van der Waals surface area (Å²) in [5, 5.41) is 0.651. The third kappa shape index (κ3) is 3.79. The number of rotatable bonds is 4. The van der Waals surface area contributed by atoms with E-state index in [9.17, 15) is 9.18 Å². The first kappa shape index (κ1) is 17.9. The molecule has 0 N–H and O–H groups in total. The maximum Gasteiger partial charge on any atom is 0.287 e. The van der Waals surface area contributed by atoms with Gasteiger partial charge in [-0.15, -0.1) is 0 Å². The number of halogens is 2. The van der Waals surface area contributed by atoms with Gasteiger partial charge in [0.25, 0.3) is 5.56 Å². The number of hydrogen-bond acceptors (Lipinski definition) is 5. The summed E-state index contributed by atoms with van der Waals surface area (Å²) in [5.74, 6) is 1.28. The highest BCUT2D eigenvalue weighted by Crippen LogP contribution is 2.32. The topological polar surface area (TPSA) is 53.4 Å². The highest BCUT2D eigenvalue weighted by atomic mass is 35.5. The van der Waals surface area contributed by atoms with Gasteiger partial charge < -0.3 is 9.47 Å². The molecule has 0 unspecified atom stereocenters. The van der Waals surface area contributed by atoms with Crippen molar-refractivity contribution in [3.63, 3.8) is 0 Å². The molecule has 0 saturated carbocycles. The molecular weight excluding hydrogens is 391 g/mol. The predicted octanol–water partition coefficient (Wildman–Crippen LogP) is 4.09. The van der Waals surface area contributed by atoms with Crippen LogP contribution in [0.2, 0.25) is 5.02 Å². The van der Waals surface area contributed by atoms with Gasteiger partial charge in [-0.2, -0.15) is 0 Å². The maximum absolute atomic E-state index is 13.2. The minimum absolute atomic E-state index is 0.252. The van der Waals surface area contributed by atoms with Gasteiger partial charge in [-0.1, -0.05) is 29.4 Å². The summed E-state index contributed by atoms with van der Waals surface area (Å²) >= 11 is 7.30. The fourth-order valence-electron chi connectivity index (χ4n) is 2.66. The van der Waals surface area contributed by atoms with Gasteiger partial charge in [0, 0.05) is 29.2 Å². The molecule has 2 heterocycles. The molecule has 138 valence electrons. The summed E-state index contributed by atoms with van der Waals surface area (Å²) in [6.07, 6.45) is 3.16. The third-order valence-electron chi connectivity index (χ3n) is 3.99. The zero-order chi connectivity index (χ0) is 18.8. The molecule has 1 aliphatic rings. The molecule has 0 amide bonds. The minimum Gasteiger partial charge on any atom is -0.486 e. The standard InChI is InChI=1S/C19H14ClFN2O3S/c20-15-9-13(21)2-1-12(15)11-27-18-19(24)23(6-5-22-18)14-3-4-16-17(10-14)26-8-7-25-16/h1-6,9-10H,7-8,11H2. The average Bonchev–Trinajstić information content (AvgIpc) is 2.68. The molecule has 0 atom stereocenters. The van der Waals surface area contributed by atoms with Crippen molar-refractivity contribution in [2.45, 2.75) is 10.8 Å². The summed E-state index contributed by atoms with van der Waals surface area (Å²) in [6, 6.07) is 9.53. The Morgan fingerprint density at radius 3 is 2.78 bits per heavy atom. The van der Waals surface area contributed by atoms with Crippen molar-refractivity contribution in [1.29, 1.82) is 0 Å². The van der Waals surface area contributed by atoms with E-state index in [-0.39, 0.29) is 5.56 Å². The zero-order valence-electron chi connectivity index (χ0n) is 14.0. The molecule has 0 fully saturated rings. The Bertz CT molecular complexity index is 1060. The second-order valence-electron chi connectivity index (χ2n) is 5.76. The van der Waals surface area contributed by atoms with Crippen LogP contribution >= 0.6 is 23.4 Å². The lowest BCUT2D eigenvalue weighted by atomic mass is 10.2. The highest BCUT2D eigenvalue weighted by molar-refractivity contribution is 7.98. The fraction of sp³-hybridized carbons (Fsp3) is 0.158. The predicted molar refractivity (Wildman–Crippen MR) is 102 cm³/mol. The molecule has 1 aliphatic heterocycles. The molecule has 27 heavy (non-hydrogen) atoms. The van der Waals surface area contributed by atoms with Gasteiger partial charge in [-0.25, -0.2) is 9.37 Å². The van der Waals surface area contributed by atoms with Gasteiger partial charge in [0.05, 0.1) is 5.69 Å². The molecule has 0 aliphatic carbocycles. The first-order chi connectivity index (χ1) is 13.1. The van der Waals surface area contributed by atoms with Crippen LogP contribution in [0.3, 0.4) is 0 Å². The molecule has 0 bridgehead atoms. The van der Waals surface area contributed by atoms with Crippen molar-refractivity contribution >= 4 is 23.4 Å². The van der Waals surface area contributed by atoms with Gasteiger partial charge in [-0.3, -0.25) is 9.36 Å². The van der Waals surface area contributed by atoms with Crippen LogP contribution in [0.4, 0.5) is 4.39 Å². The monoisotopic (exact) mass is 404 g/mol. The van der Waals surface area contributed by atoms with Gasteiger partial charge in [0.2, 0.25) is 0 Å². The van der Waals surface area contributed by atoms with E-state index in [1.165, 1.54) is 28.5 Å². The van der Waals surface area contributed by atoms with E-state index in [4.69, 9.17) is 21.1 Å². The molecule has 8 heteroatoms. The quantitative estimate of drug-likeness (QED) is 0.613. The van der Waals surface area contributed by atoms with Crippen LogP contribution in [0, 0.1) is 5.82 Å². The van der Waals surface area contributed by atoms with E-state index in [2.05, 4.69) is 4.98 Å². The molecule has 5 nitrogen and oxygen atoms in total. The smallest absolute Gasteiger partial charge is 0.287 e. The van der Waals surface area contributed by atoms with E-state index in [1.807, 2.05) is 0 Å². The molecule has 0 radical (unpaired) electrons. The van der Waals surface area contributed by atoms with Crippen LogP contribution in [-0.4, -0.2) is 22.8 Å². The Kier molecular flexibility index (Phi) is 5.05. The lowest BCUT2D eigenvalue weighted by Crippen LogP contribution is -2.21. The number of thioether (sulfide) groups is 1. The first-order valence-corrected chi connectivity index (χ1v) is 9.52. The van der Waals surface area contributed by atoms with E-state index in [0.717, 1.165) is 5.56 Å². The Hall–Kier alpha value is -2.51. The van der Waals surface area contributed by atoms with Crippen LogP contribution in [0.1, 0.15) is 5.56 Å². The maximum atomic E-state index is 13.2. The van der Waals surface area contributed by atoms with Crippen molar-refractivity contribution < 1.29 is 13.9 Å².